The summed E-state index contributed by atoms with van der Waals surface area (Å²) in [6.07, 6.45) is 6.02. The lowest BCUT2D eigenvalue weighted by Crippen LogP contribution is -2.27. The van der Waals surface area contributed by atoms with E-state index in [2.05, 4.69) is 25.5 Å². The second-order valence-electron chi connectivity index (χ2n) is 4.79. The molecule has 1 saturated heterocycles. The number of aromatic nitrogens is 4. The maximum atomic E-state index is 4.54. The number of nitrogens with zero attached hydrogens (tertiary/aromatic N) is 3. The first-order chi connectivity index (χ1) is 8.83. The van der Waals surface area contributed by atoms with Crippen molar-refractivity contribution < 1.29 is 0 Å². The van der Waals surface area contributed by atoms with Crippen molar-refractivity contribution in [3.8, 4) is 11.4 Å². The lowest BCUT2D eigenvalue weighted by molar-refractivity contribution is 0.452. The molecule has 0 aromatic carbocycles. The van der Waals surface area contributed by atoms with Crippen LogP contribution in [0.5, 0.6) is 0 Å². The normalized spacial score (nSPS) is 16.9. The first kappa shape index (κ1) is 11.3. The number of nitrogens with one attached hydrogen (secondary N) is 2. The Kier molecular flexibility index (Phi) is 3.06. The summed E-state index contributed by atoms with van der Waals surface area (Å²) < 4.78 is 0. The average Bonchev–Trinajstić information content (AvgIpc) is 2.87. The molecule has 3 heterocycles. The lowest BCUT2D eigenvalue weighted by atomic mass is 9.95. The molecule has 2 N–H and O–H groups in total. The van der Waals surface area contributed by atoms with Gasteiger partial charge in [0.2, 0.25) is 0 Å². The molecule has 0 spiro atoms. The lowest BCUT2D eigenvalue weighted by Gasteiger charge is -2.21. The first-order valence-corrected chi connectivity index (χ1v) is 6.38. The second-order valence-corrected chi connectivity index (χ2v) is 4.79. The van der Waals surface area contributed by atoms with Crippen LogP contribution in [-0.4, -0.2) is 33.3 Å². The van der Waals surface area contributed by atoms with Crippen molar-refractivity contribution in [1.29, 1.82) is 0 Å². The molecular weight excluding hydrogens is 226 g/mol. The fraction of sp³-hybridized carbons (Fsp3) is 0.462. The predicted octanol–water partition coefficient (Wildman–Crippen LogP) is 1.64. The van der Waals surface area contributed by atoms with Crippen molar-refractivity contribution >= 4 is 0 Å². The number of piperidine rings is 1. The van der Waals surface area contributed by atoms with Crippen LogP contribution in [0.3, 0.4) is 0 Å². The van der Waals surface area contributed by atoms with E-state index in [4.69, 9.17) is 0 Å². The molecule has 94 valence electrons. The van der Waals surface area contributed by atoms with Crippen LogP contribution in [0, 0.1) is 6.92 Å². The molecule has 0 radical (unpaired) electrons. The molecule has 0 aliphatic carbocycles. The number of rotatable bonds is 2. The third-order valence-corrected chi connectivity index (χ3v) is 3.40. The van der Waals surface area contributed by atoms with Crippen molar-refractivity contribution in [3.05, 3.63) is 29.8 Å². The quantitative estimate of drug-likeness (QED) is 0.841. The Bertz CT molecular complexity index is 510. The van der Waals surface area contributed by atoms with Crippen molar-refractivity contribution in [1.82, 2.24) is 25.5 Å². The van der Waals surface area contributed by atoms with Gasteiger partial charge in [0.15, 0.2) is 0 Å². The van der Waals surface area contributed by atoms with Gasteiger partial charge in [0.25, 0.3) is 0 Å². The fourth-order valence-corrected chi connectivity index (χ4v) is 2.35. The van der Waals surface area contributed by atoms with E-state index in [-0.39, 0.29) is 0 Å². The molecule has 1 aliphatic heterocycles. The zero-order chi connectivity index (χ0) is 12.4. The summed E-state index contributed by atoms with van der Waals surface area (Å²) in [4.78, 5) is 9.02. The van der Waals surface area contributed by atoms with Crippen LogP contribution < -0.4 is 5.32 Å². The minimum Gasteiger partial charge on any atom is -0.317 e. The van der Waals surface area contributed by atoms with Crippen LogP contribution in [0.4, 0.5) is 0 Å². The predicted molar refractivity (Wildman–Crippen MR) is 69.2 cm³/mol. The SMILES string of the molecule is Cc1cc(-c2cnc(C3CCNCC3)cn2)n[nH]1. The van der Waals surface area contributed by atoms with Gasteiger partial charge in [0.05, 0.1) is 11.9 Å². The third-order valence-electron chi connectivity index (χ3n) is 3.40. The second kappa shape index (κ2) is 4.86. The molecule has 1 fully saturated rings. The highest BCUT2D eigenvalue weighted by Crippen LogP contribution is 2.23. The fourth-order valence-electron chi connectivity index (χ4n) is 2.35. The molecule has 3 rings (SSSR count). The summed E-state index contributed by atoms with van der Waals surface area (Å²) in [5.74, 6) is 0.550. The summed E-state index contributed by atoms with van der Waals surface area (Å²) in [6.45, 7) is 4.13. The number of aromatic amines is 1. The van der Waals surface area contributed by atoms with E-state index in [0.29, 0.717) is 5.92 Å². The molecule has 0 atom stereocenters. The largest absolute Gasteiger partial charge is 0.317 e. The average molecular weight is 243 g/mol. The van der Waals surface area contributed by atoms with E-state index in [1.807, 2.05) is 25.4 Å². The highest BCUT2D eigenvalue weighted by molar-refractivity contribution is 5.52. The van der Waals surface area contributed by atoms with Crippen LogP contribution in [0.1, 0.15) is 30.1 Å². The van der Waals surface area contributed by atoms with Gasteiger partial charge in [-0.05, 0) is 38.9 Å². The third kappa shape index (κ3) is 2.26. The molecule has 5 heteroatoms. The van der Waals surface area contributed by atoms with Crippen LogP contribution in [0.15, 0.2) is 18.5 Å². The van der Waals surface area contributed by atoms with Crippen LogP contribution in [0.2, 0.25) is 0 Å². The van der Waals surface area contributed by atoms with Crippen molar-refractivity contribution in [2.24, 2.45) is 0 Å². The van der Waals surface area contributed by atoms with E-state index in [1.165, 1.54) is 0 Å². The van der Waals surface area contributed by atoms with Crippen molar-refractivity contribution in [2.75, 3.05) is 13.1 Å². The summed E-state index contributed by atoms with van der Waals surface area (Å²) in [6, 6.07) is 1.98. The van der Waals surface area contributed by atoms with E-state index in [9.17, 15) is 0 Å². The molecule has 2 aromatic heterocycles. The van der Waals surface area contributed by atoms with Gasteiger partial charge in [-0.3, -0.25) is 15.1 Å². The zero-order valence-electron chi connectivity index (χ0n) is 10.5. The minimum atomic E-state index is 0.550. The molecule has 0 unspecified atom stereocenters. The Morgan fingerprint density at radius 3 is 2.56 bits per heavy atom. The summed E-state index contributed by atoms with van der Waals surface area (Å²) >= 11 is 0. The van der Waals surface area contributed by atoms with E-state index < -0.39 is 0 Å². The highest BCUT2D eigenvalue weighted by Gasteiger charge is 2.16. The standard InChI is InChI=1S/C13H17N5/c1-9-6-11(18-17-9)13-8-15-12(7-16-13)10-2-4-14-5-3-10/h6-8,10,14H,2-5H2,1H3,(H,17,18). The Labute approximate surface area is 106 Å². The molecule has 1 aliphatic rings. The minimum absolute atomic E-state index is 0.550. The molecule has 0 bridgehead atoms. The number of H-pyrrole nitrogens is 1. The first-order valence-electron chi connectivity index (χ1n) is 6.38. The maximum absolute atomic E-state index is 4.54. The molecule has 0 amide bonds. The van der Waals surface area contributed by atoms with Gasteiger partial charge >= 0.3 is 0 Å². The van der Waals surface area contributed by atoms with Gasteiger partial charge < -0.3 is 5.32 Å². The van der Waals surface area contributed by atoms with Crippen molar-refractivity contribution in [3.63, 3.8) is 0 Å². The smallest absolute Gasteiger partial charge is 0.112 e. The van der Waals surface area contributed by atoms with Gasteiger partial charge in [0.1, 0.15) is 11.4 Å². The molecule has 5 nitrogen and oxygen atoms in total. The number of hydrogen-bond acceptors (Lipinski definition) is 4. The summed E-state index contributed by atoms with van der Waals surface area (Å²) in [5.41, 5.74) is 3.83. The number of hydrogen-bond donors (Lipinski definition) is 2. The van der Waals surface area contributed by atoms with Crippen LogP contribution in [0.25, 0.3) is 11.4 Å². The van der Waals surface area contributed by atoms with Gasteiger partial charge in [-0.1, -0.05) is 0 Å². The molecule has 2 aromatic rings. The van der Waals surface area contributed by atoms with Gasteiger partial charge in [-0.25, -0.2) is 0 Å². The molecule has 18 heavy (non-hydrogen) atoms. The molecule has 0 saturated carbocycles. The Morgan fingerprint density at radius 2 is 1.94 bits per heavy atom. The highest BCUT2D eigenvalue weighted by atomic mass is 15.1. The monoisotopic (exact) mass is 243 g/mol. The number of aryl methyl sites for hydroxylation is 1. The van der Waals surface area contributed by atoms with Gasteiger partial charge in [0, 0.05) is 17.8 Å². The summed E-state index contributed by atoms with van der Waals surface area (Å²) in [7, 11) is 0. The molecular formula is C13H17N5. The topological polar surface area (TPSA) is 66.5 Å². The van der Waals surface area contributed by atoms with Gasteiger partial charge in [-0.15, -0.1) is 0 Å². The summed E-state index contributed by atoms with van der Waals surface area (Å²) in [5, 5.41) is 10.5. The van der Waals surface area contributed by atoms with Crippen LogP contribution >= 0.6 is 0 Å². The zero-order valence-corrected chi connectivity index (χ0v) is 10.5. The van der Waals surface area contributed by atoms with Crippen molar-refractivity contribution in [2.45, 2.75) is 25.7 Å². The van der Waals surface area contributed by atoms with E-state index >= 15 is 0 Å². The maximum Gasteiger partial charge on any atom is 0.112 e. The van der Waals surface area contributed by atoms with Crippen LogP contribution in [-0.2, 0) is 0 Å². The Balaban J connectivity index is 1.80. The van der Waals surface area contributed by atoms with E-state index in [1.54, 1.807) is 0 Å². The van der Waals surface area contributed by atoms with Gasteiger partial charge in [-0.2, -0.15) is 5.10 Å². The Hall–Kier alpha value is -1.75. The Morgan fingerprint density at radius 1 is 1.11 bits per heavy atom. The van der Waals surface area contributed by atoms with E-state index in [0.717, 1.165) is 48.7 Å².